The first-order chi connectivity index (χ1) is 9.75. The highest BCUT2D eigenvalue weighted by atomic mass is 15.0. The number of nitrogens with zero attached hydrogens (tertiary/aromatic N) is 1. The predicted octanol–water partition coefficient (Wildman–Crippen LogP) is 4.73. The summed E-state index contributed by atoms with van der Waals surface area (Å²) in [6, 6.07) is 17.3. The van der Waals surface area contributed by atoms with E-state index < -0.39 is 0 Å². The normalized spacial score (nSPS) is 11.5. The molecule has 0 atom stereocenters. The average Bonchev–Trinajstić information content (AvgIpc) is 3.03. The second-order valence-electron chi connectivity index (χ2n) is 5.31. The van der Waals surface area contributed by atoms with Crippen molar-refractivity contribution in [3.05, 3.63) is 66.0 Å². The van der Waals surface area contributed by atoms with E-state index in [-0.39, 0.29) is 0 Å². The van der Waals surface area contributed by atoms with E-state index in [9.17, 15) is 0 Å². The van der Waals surface area contributed by atoms with Crippen LogP contribution in [0.3, 0.4) is 0 Å². The van der Waals surface area contributed by atoms with Crippen molar-refractivity contribution in [1.29, 1.82) is 0 Å². The van der Waals surface area contributed by atoms with Gasteiger partial charge in [0, 0.05) is 33.9 Å². The summed E-state index contributed by atoms with van der Waals surface area (Å²) in [6.45, 7) is 4.39. The van der Waals surface area contributed by atoms with Crippen LogP contribution in [-0.4, -0.2) is 9.55 Å². The Kier molecular flexibility index (Phi) is 2.27. The maximum Gasteiger partial charge on any atom is 0.0534 e. The smallest absolute Gasteiger partial charge is 0.0534 e. The Hall–Kier alpha value is -2.48. The number of para-hydroxylation sites is 1. The number of aromatic nitrogens is 2. The molecule has 0 amide bonds. The summed E-state index contributed by atoms with van der Waals surface area (Å²) in [4.78, 5) is 3.25. The molecule has 0 unspecified atom stereocenters. The maximum absolute atomic E-state index is 3.25. The van der Waals surface area contributed by atoms with Gasteiger partial charge in [0.2, 0.25) is 0 Å². The van der Waals surface area contributed by atoms with Crippen LogP contribution in [0.4, 0.5) is 0 Å². The van der Waals surface area contributed by atoms with Crippen molar-refractivity contribution >= 4 is 21.8 Å². The van der Waals surface area contributed by atoms with Crippen LogP contribution in [0.15, 0.2) is 54.7 Å². The Morgan fingerprint density at radius 3 is 2.70 bits per heavy atom. The topological polar surface area (TPSA) is 20.7 Å². The predicted molar refractivity (Wildman–Crippen MR) is 84.6 cm³/mol. The molecule has 2 heteroatoms. The molecule has 2 aromatic heterocycles. The highest BCUT2D eigenvalue weighted by Crippen LogP contribution is 2.29. The number of nitrogens with one attached hydrogen (secondary N) is 1. The van der Waals surface area contributed by atoms with Crippen LogP contribution in [0.2, 0.25) is 0 Å². The number of fused-ring (bicyclic) bond motifs is 2. The van der Waals surface area contributed by atoms with Gasteiger partial charge in [0.25, 0.3) is 0 Å². The molecule has 0 fully saturated rings. The summed E-state index contributed by atoms with van der Waals surface area (Å²) in [5.74, 6) is 0. The molecular weight excluding hydrogens is 244 g/mol. The molecule has 98 valence electrons. The van der Waals surface area contributed by atoms with Gasteiger partial charge in [-0.3, -0.25) is 0 Å². The van der Waals surface area contributed by atoms with Gasteiger partial charge in [-0.2, -0.15) is 0 Å². The maximum atomic E-state index is 3.25. The quantitative estimate of drug-likeness (QED) is 0.511. The van der Waals surface area contributed by atoms with Gasteiger partial charge in [-0.25, -0.2) is 0 Å². The second kappa shape index (κ2) is 4.01. The highest BCUT2D eigenvalue weighted by molar-refractivity contribution is 5.88. The monoisotopic (exact) mass is 260 g/mol. The average molecular weight is 260 g/mol. The minimum absolute atomic E-state index is 1.18. The van der Waals surface area contributed by atoms with Crippen LogP contribution >= 0.6 is 0 Å². The van der Waals surface area contributed by atoms with E-state index in [2.05, 4.69) is 71.9 Å². The minimum Gasteiger partial charge on any atom is -0.361 e. The molecule has 2 nitrogen and oxygen atoms in total. The lowest BCUT2D eigenvalue weighted by atomic mass is 10.2. The van der Waals surface area contributed by atoms with Crippen LogP contribution in [0.25, 0.3) is 27.5 Å². The van der Waals surface area contributed by atoms with Gasteiger partial charge < -0.3 is 9.55 Å². The van der Waals surface area contributed by atoms with E-state index in [1.165, 1.54) is 38.8 Å². The number of aromatic amines is 1. The third kappa shape index (κ3) is 1.45. The standard InChI is InChI=1S/C18H16N2/c1-12-13(2)20(18-6-4-3-5-16(12)18)15-7-8-17-14(11-15)9-10-19-17/h3-11,19H,1-2H3. The zero-order chi connectivity index (χ0) is 13.7. The summed E-state index contributed by atoms with van der Waals surface area (Å²) >= 11 is 0. The van der Waals surface area contributed by atoms with E-state index >= 15 is 0 Å². The van der Waals surface area contributed by atoms with E-state index in [0.717, 1.165) is 0 Å². The van der Waals surface area contributed by atoms with Crippen LogP contribution in [0.1, 0.15) is 11.3 Å². The fourth-order valence-corrected chi connectivity index (χ4v) is 3.04. The number of H-pyrrole nitrogens is 1. The summed E-state index contributed by atoms with van der Waals surface area (Å²) in [5.41, 5.74) is 6.34. The lowest BCUT2D eigenvalue weighted by Crippen LogP contribution is -1.96. The van der Waals surface area contributed by atoms with Gasteiger partial charge >= 0.3 is 0 Å². The Balaban J connectivity index is 2.08. The minimum atomic E-state index is 1.18. The molecule has 20 heavy (non-hydrogen) atoms. The fourth-order valence-electron chi connectivity index (χ4n) is 3.04. The molecule has 0 aliphatic heterocycles. The fraction of sp³-hybridized carbons (Fsp3) is 0.111. The summed E-state index contributed by atoms with van der Waals surface area (Å²) in [7, 11) is 0. The molecule has 4 rings (SSSR count). The summed E-state index contributed by atoms with van der Waals surface area (Å²) < 4.78 is 2.34. The van der Waals surface area contributed by atoms with Gasteiger partial charge in [-0.1, -0.05) is 18.2 Å². The zero-order valence-electron chi connectivity index (χ0n) is 11.6. The second-order valence-corrected chi connectivity index (χ2v) is 5.31. The third-order valence-electron chi connectivity index (χ3n) is 4.22. The molecule has 0 saturated carbocycles. The largest absolute Gasteiger partial charge is 0.361 e. The van der Waals surface area contributed by atoms with Gasteiger partial charge in [-0.05, 0) is 49.7 Å². The van der Waals surface area contributed by atoms with Crippen LogP contribution in [0.5, 0.6) is 0 Å². The van der Waals surface area contributed by atoms with E-state index in [1.54, 1.807) is 0 Å². The summed E-state index contributed by atoms with van der Waals surface area (Å²) in [5, 5.41) is 2.58. The molecule has 1 N–H and O–H groups in total. The number of hydrogen-bond acceptors (Lipinski definition) is 0. The highest BCUT2D eigenvalue weighted by Gasteiger charge is 2.11. The molecule has 0 spiro atoms. The third-order valence-corrected chi connectivity index (χ3v) is 4.22. The Morgan fingerprint density at radius 2 is 1.80 bits per heavy atom. The van der Waals surface area contributed by atoms with E-state index in [1.807, 2.05) is 6.20 Å². The number of aryl methyl sites for hydroxylation is 1. The van der Waals surface area contributed by atoms with Crippen LogP contribution < -0.4 is 0 Å². The Morgan fingerprint density at radius 1 is 0.950 bits per heavy atom. The first-order valence-corrected chi connectivity index (χ1v) is 6.90. The number of benzene rings is 2. The molecule has 0 saturated heterocycles. The molecule has 0 bridgehead atoms. The van der Waals surface area contributed by atoms with E-state index in [4.69, 9.17) is 0 Å². The zero-order valence-corrected chi connectivity index (χ0v) is 11.6. The van der Waals surface area contributed by atoms with Crippen molar-refractivity contribution in [3.8, 4) is 5.69 Å². The lowest BCUT2D eigenvalue weighted by molar-refractivity contribution is 1.04. The molecule has 2 aromatic carbocycles. The van der Waals surface area contributed by atoms with Crippen molar-refractivity contribution in [2.75, 3.05) is 0 Å². The SMILES string of the molecule is Cc1c(C)n(-c2ccc3[nH]ccc3c2)c2ccccc12. The van der Waals surface area contributed by atoms with Gasteiger partial charge in [0.05, 0.1) is 5.52 Å². The summed E-state index contributed by atoms with van der Waals surface area (Å²) in [6.07, 6.45) is 1.99. The van der Waals surface area contributed by atoms with Crippen molar-refractivity contribution in [3.63, 3.8) is 0 Å². The molecule has 0 aliphatic carbocycles. The Bertz CT molecular complexity index is 925. The molecule has 4 aromatic rings. The van der Waals surface area contributed by atoms with Crippen molar-refractivity contribution in [2.24, 2.45) is 0 Å². The molecular formula is C18H16N2. The van der Waals surface area contributed by atoms with Crippen molar-refractivity contribution in [1.82, 2.24) is 9.55 Å². The molecule has 2 heterocycles. The van der Waals surface area contributed by atoms with Crippen LogP contribution in [0, 0.1) is 13.8 Å². The molecule has 0 radical (unpaired) electrons. The van der Waals surface area contributed by atoms with Crippen molar-refractivity contribution < 1.29 is 0 Å². The first kappa shape index (κ1) is 11.4. The van der Waals surface area contributed by atoms with Gasteiger partial charge in [-0.15, -0.1) is 0 Å². The first-order valence-electron chi connectivity index (χ1n) is 6.90. The van der Waals surface area contributed by atoms with Gasteiger partial charge in [0.15, 0.2) is 0 Å². The van der Waals surface area contributed by atoms with E-state index in [0.29, 0.717) is 0 Å². The van der Waals surface area contributed by atoms with Crippen LogP contribution in [-0.2, 0) is 0 Å². The Labute approximate surface area is 117 Å². The number of hydrogen-bond donors (Lipinski definition) is 1. The molecule has 0 aliphatic rings. The van der Waals surface area contributed by atoms with Gasteiger partial charge in [0.1, 0.15) is 0 Å². The number of rotatable bonds is 1. The lowest BCUT2D eigenvalue weighted by Gasteiger charge is -2.09. The van der Waals surface area contributed by atoms with Crippen molar-refractivity contribution in [2.45, 2.75) is 13.8 Å².